The zero-order valence-electron chi connectivity index (χ0n) is 26.2. The van der Waals surface area contributed by atoms with E-state index < -0.39 is 17.4 Å². The number of rotatable bonds is 12. The van der Waals surface area contributed by atoms with Crippen LogP contribution >= 0.6 is 0 Å². The van der Waals surface area contributed by atoms with Gasteiger partial charge in [-0.3, -0.25) is 20.2 Å². The summed E-state index contributed by atoms with van der Waals surface area (Å²) in [4.78, 5) is 37.3. The quantitative estimate of drug-likeness (QED) is 0.154. The molecule has 13 nitrogen and oxygen atoms in total. The fourth-order valence-electron chi connectivity index (χ4n) is 7.96. The third-order valence-corrected chi connectivity index (χ3v) is 10.2. The van der Waals surface area contributed by atoms with Crippen molar-refractivity contribution in [3.63, 3.8) is 0 Å². The van der Waals surface area contributed by atoms with Crippen LogP contribution in [0.2, 0.25) is 0 Å². The smallest absolute Gasteiger partial charge is 0.423 e. The van der Waals surface area contributed by atoms with Crippen LogP contribution in [0.3, 0.4) is 0 Å². The highest BCUT2D eigenvalue weighted by Crippen LogP contribution is 2.44. The third-order valence-electron chi connectivity index (χ3n) is 10.2. The highest BCUT2D eigenvalue weighted by Gasteiger charge is 2.46. The first-order valence-electron chi connectivity index (χ1n) is 16.6. The second kappa shape index (κ2) is 14.3. The van der Waals surface area contributed by atoms with Gasteiger partial charge in [0.1, 0.15) is 11.2 Å². The minimum absolute atomic E-state index is 0.0352. The predicted molar refractivity (Wildman–Crippen MR) is 163 cm³/mol. The van der Waals surface area contributed by atoms with Crippen LogP contribution in [0.4, 0.5) is 4.79 Å². The molecule has 46 heavy (non-hydrogen) atoms. The predicted octanol–water partition coefficient (Wildman–Crippen LogP) is 5.31. The minimum atomic E-state index is -1.16. The summed E-state index contributed by atoms with van der Waals surface area (Å²) >= 11 is 0. The highest BCUT2D eigenvalue weighted by molar-refractivity contribution is 5.63. The molecule has 4 heterocycles. The number of allylic oxidation sites excluding steroid dienone is 2. The Morgan fingerprint density at radius 3 is 1.37 bits per heavy atom. The Morgan fingerprint density at radius 1 is 0.674 bits per heavy atom. The summed E-state index contributed by atoms with van der Waals surface area (Å²) < 4.78 is 34.9. The molecule has 4 fully saturated rings. The van der Waals surface area contributed by atoms with E-state index in [0.29, 0.717) is 89.7 Å². The van der Waals surface area contributed by atoms with Gasteiger partial charge in [-0.1, -0.05) is 0 Å². The van der Waals surface area contributed by atoms with Crippen LogP contribution in [0.1, 0.15) is 64.2 Å². The molecule has 0 spiro atoms. The van der Waals surface area contributed by atoms with Crippen molar-refractivity contribution in [2.75, 3.05) is 52.9 Å². The lowest BCUT2D eigenvalue weighted by Crippen LogP contribution is -2.43. The summed E-state index contributed by atoms with van der Waals surface area (Å²) in [6.45, 7) is 4.57. The lowest BCUT2D eigenvalue weighted by atomic mass is 9.78. The maximum Gasteiger partial charge on any atom is 0.510 e. The zero-order chi connectivity index (χ0) is 32.1. The molecule has 6 rings (SSSR count). The number of ether oxygens (including phenoxy) is 6. The van der Waals surface area contributed by atoms with Crippen LogP contribution in [0.15, 0.2) is 46.8 Å². The van der Waals surface area contributed by atoms with Gasteiger partial charge in [0.2, 0.25) is 0 Å². The molecule has 0 N–H and O–H groups in total. The molecule has 13 heteroatoms. The second-order valence-electron chi connectivity index (χ2n) is 13.8. The molecule has 4 saturated heterocycles. The van der Waals surface area contributed by atoms with E-state index >= 15 is 0 Å². The van der Waals surface area contributed by atoms with E-state index in [1.807, 2.05) is 0 Å². The van der Waals surface area contributed by atoms with Crippen LogP contribution in [-0.2, 0) is 28.4 Å². The molecule has 252 valence electrons. The van der Waals surface area contributed by atoms with Gasteiger partial charge in [-0.25, -0.2) is 4.79 Å². The van der Waals surface area contributed by atoms with Crippen LogP contribution < -0.4 is 0 Å². The Morgan fingerprint density at radius 2 is 1.04 bits per heavy atom. The van der Waals surface area contributed by atoms with E-state index in [1.165, 1.54) is 12.2 Å². The normalized spacial score (nSPS) is 34.4. The maximum atomic E-state index is 14.0. The highest BCUT2D eigenvalue weighted by atomic mass is 16.7. The molecule has 4 aliphatic heterocycles. The molecule has 6 aliphatic rings. The van der Waals surface area contributed by atoms with Gasteiger partial charge in [-0.2, -0.15) is 0 Å². The fourth-order valence-corrected chi connectivity index (χ4v) is 7.96. The fraction of sp³-hybridized carbons (Fsp3) is 0.727. The van der Waals surface area contributed by atoms with Crippen molar-refractivity contribution >= 4 is 6.16 Å². The number of hydrogen-bond acceptors (Lipinski definition) is 11. The van der Waals surface area contributed by atoms with Gasteiger partial charge in [0.25, 0.3) is 11.4 Å². The van der Waals surface area contributed by atoms with Gasteiger partial charge in [-0.15, -0.1) is 0 Å². The summed E-state index contributed by atoms with van der Waals surface area (Å²) in [7, 11) is 0. The van der Waals surface area contributed by atoms with E-state index in [4.69, 9.17) is 28.4 Å². The molecule has 2 aliphatic carbocycles. The summed E-state index contributed by atoms with van der Waals surface area (Å²) in [6.07, 6.45) is 10.8. The van der Waals surface area contributed by atoms with Crippen molar-refractivity contribution in [2.45, 2.75) is 75.4 Å². The Labute approximate surface area is 268 Å². The first kappa shape index (κ1) is 32.8. The minimum Gasteiger partial charge on any atom is -0.423 e. The van der Waals surface area contributed by atoms with Crippen molar-refractivity contribution in [3.05, 3.63) is 67.1 Å². The molecular weight excluding hydrogens is 600 g/mol. The molecule has 0 aromatic heterocycles. The molecule has 0 radical (unpaired) electrons. The maximum absolute atomic E-state index is 14.0. The molecule has 0 bridgehead atoms. The molecule has 0 aromatic carbocycles. The number of carbonyl (C=O) groups excluding carboxylic acids is 1. The van der Waals surface area contributed by atoms with E-state index in [1.54, 1.807) is 12.2 Å². The van der Waals surface area contributed by atoms with E-state index in [2.05, 4.69) is 0 Å². The lowest BCUT2D eigenvalue weighted by Gasteiger charge is -2.38. The monoisotopic (exact) mass is 644 g/mol. The van der Waals surface area contributed by atoms with Crippen LogP contribution in [0, 0.1) is 43.9 Å². The van der Waals surface area contributed by atoms with Gasteiger partial charge in [0, 0.05) is 89.0 Å². The van der Waals surface area contributed by atoms with E-state index in [-0.39, 0.29) is 57.8 Å². The van der Waals surface area contributed by atoms with E-state index in [0.717, 1.165) is 25.7 Å². The van der Waals surface area contributed by atoms with Gasteiger partial charge < -0.3 is 28.4 Å². The first-order chi connectivity index (χ1) is 22.2. The number of carbonyl (C=O) groups is 1. The Bertz CT molecular complexity index is 1190. The average molecular weight is 645 g/mol. The Balaban J connectivity index is 1.25. The Hall–Kier alpha value is -3.13. The van der Waals surface area contributed by atoms with Crippen molar-refractivity contribution in [1.29, 1.82) is 0 Å². The molecule has 0 amide bonds. The number of nitrogens with zero attached hydrogens (tertiary/aromatic N) is 2. The van der Waals surface area contributed by atoms with Gasteiger partial charge >= 0.3 is 6.16 Å². The lowest BCUT2D eigenvalue weighted by molar-refractivity contribution is -0.421. The molecule has 0 aromatic rings. The second-order valence-corrected chi connectivity index (χ2v) is 13.8. The van der Waals surface area contributed by atoms with Gasteiger partial charge in [-0.05, 0) is 87.2 Å². The van der Waals surface area contributed by atoms with Crippen LogP contribution in [-0.4, -0.2) is 80.1 Å². The summed E-state index contributed by atoms with van der Waals surface area (Å²) in [5.41, 5.74) is -0.993. The number of hydrogen-bond donors (Lipinski definition) is 0. The number of nitro groups is 2. The SMILES string of the molecule is O=C(OC1(CC2CCOC2)C=CC([N+](=O)[O-])=C(CC2CCOC2)C1)OC1(CC2CCOC2)C=CC([N+](=O)[O-])=C(CC2CCOC2)C1. The van der Waals surface area contributed by atoms with Crippen molar-refractivity contribution < 1.29 is 43.1 Å². The van der Waals surface area contributed by atoms with Crippen LogP contribution in [0.25, 0.3) is 0 Å². The summed E-state index contributed by atoms with van der Waals surface area (Å²) in [5.74, 6) is 0.532. The van der Waals surface area contributed by atoms with Crippen LogP contribution in [0.5, 0.6) is 0 Å². The van der Waals surface area contributed by atoms with Gasteiger partial charge in [0.15, 0.2) is 0 Å². The molecule has 6 unspecified atom stereocenters. The summed E-state index contributed by atoms with van der Waals surface area (Å²) in [5, 5.41) is 24.1. The van der Waals surface area contributed by atoms with Crippen molar-refractivity contribution in [3.8, 4) is 0 Å². The molecular formula is C33H44N2O11. The topological polar surface area (TPSA) is 159 Å². The molecule has 0 saturated carbocycles. The first-order valence-corrected chi connectivity index (χ1v) is 16.6. The van der Waals surface area contributed by atoms with Gasteiger partial charge in [0.05, 0.1) is 9.85 Å². The standard InChI is InChI=1S/C33H44N2O11/c36-31(45-32(15-25-5-11-43-21-25)7-1-29(34(37)38)27(17-32)13-23-3-9-41-19-23)46-33(16-26-6-12-44-22-26)8-2-30(35(39)40)28(18-33)14-24-4-10-42-20-24/h1-2,7-8,23-26H,3-6,9-22H2. The summed E-state index contributed by atoms with van der Waals surface area (Å²) in [6, 6.07) is 0. The van der Waals surface area contributed by atoms with Crippen molar-refractivity contribution in [1.82, 2.24) is 0 Å². The zero-order valence-corrected chi connectivity index (χ0v) is 26.2. The third kappa shape index (κ3) is 7.87. The average Bonchev–Trinajstić information content (AvgIpc) is 3.83. The molecule has 6 atom stereocenters. The van der Waals surface area contributed by atoms with E-state index in [9.17, 15) is 25.0 Å². The van der Waals surface area contributed by atoms with Crippen molar-refractivity contribution in [2.24, 2.45) is 23.7 Å². The largest absolute Gasteiger partial charge is 0.510 e. The Kier molecular flexibility index (Phi) is 10.2.